The van der Waals surface area contributed by atoms with Crippen LogP contribution in [0.4, 0.5) is 14.4 Å². The zero-order valence-electron chi connectivity index (χ0n) is 27.0. The van der Waals surface area contributed by atoms with E-state index < -0.39 is 36.0 Å². The quantitative estimate of drug-likeness (QED) is 0.295. The molecule has 3 rings (SSSR count). The molecule has 2 aliphatic rings. The number of benzene rings is 1. The molecule has 1 heterocycles. The average molecular weight is 639 g/mol. The highest BCUT2D eigenvalue weighted by Gasteiger charge is 2.41. The molecule has 6 atom stereocenters. The van der Waals surface area contributed by atoms with Crippen LogP contribution in [0, 0.1) is 11.8 Å². The van der Waals surface area contributed by atoms with Gasteiger partial charge in [0.1, 0.15) is 5.60 Å². The molecule has 1 aromatic rings. The normalized spacial score (nSPS) is 22.7. The molecule has 0 spiro atoms. The van der Waals surface area contributed by atoms with Gasteiger partial charge in [-0.3, -0.25) is 0 Å². The summed E-state index contributed by atoms with van der Waals surface area (Å²) in [6.45, 7) is 8.91. The van der Waals surface area contributed by atoms with E-state index in [4.69, 9.17) is 21.1 Å². The number of methoxy groups -OCH3 is 1. The van der Waals surface area contributed by atoms with E-state index in [0.717, 1.165) is 37.7 Å². The second-order valence-electron chi connectivity index (χ2n) is 12.9. The molecule has 44 heavy (non-hydrogen) atoms. The zero-order valence-corrected chi connectivity index (χ0v) is 27.8. The molecule has 3 unspecified atom stereocenters. The van der Waals surface area contributed by atoms with Gasteiger partial charge in [-0.15, -0.1) is 0 Å². The molecule has 1 aliphatic heterocycles. The molecule has 248 valence electrons. The average Bonchev–Trinajstić information content (AvgIpc) is 2.97. The van der Waals surface area contributed by atoms with Gasteiger partial charge in [0.05, 0.1) is 32.0 Å². The number of ether oxygens (including phenoxy) is 3. The van der Waals surface area contributed by atoms with Crippen LogP contribution in [0.1, 0.15) is 77.9 Å². The molecule has 1 aliphatic carbocycles. The summed E-state index contributed by atoms with van der Waals surface area (Å²) < 4.78 is 16.6. The Kier molecular flexibility index (Phi) is 13.4. The monoisotopic (exact) mass is 638 g/mol. The van der Waals surface area contributed by atoms with Crippen molar-refractivity contribution in [3.05, 3.63) is 34.9 Å². The van der Waals surface area contributed by atoms with Crippen LogP contribution < -0.4 is 10.6 Å². The zero-order chi connectivity index (χ0) is 32.4. The van der Waals surface area contributed by atoms with E-state index in [0.29, 0.717) is 24.5 Å². The molecule has 3 N–H and O–H groups in total. The minimum Gasteiger partial charge on any atom is -0.453 e. The van der Waals surface area contributed by atoms with Crippen LogP contribution in [-0.4, -0.2) is 97.3 Å². The van der Waals surface area contributed by atoms with Crippen molar-refractivity contribution >= 4 is 29.8 Å². The van der Waals surface area contributed by atoms with Crippen LogP contribution in [0.25, 0.3) is 0 Å². The van der Waals surface area contributed by atoms with Gasteiger partial charge in [-0.05, 0) is 71.1 Å². The van der Waals surface area contributed by atoms with Crippen molar-refractivity contribution in [3.8, 4) is 0 Å². The maximum absolute atomic E-state index is 13.7. The fraction of sp³-hybridized carbons (Fsp3) is 0.719. The number of hydrogen-bond donors (Lipinski definition) is 3. The highest BCUT2D eigenvalue weighted by Crippen LogP contribution is 2.35. The van der Waals surface area contributed by atoms with Crippen LogP contribution in [0.2, 0.25) is 5.02 Å². The number of carbonyl (C=O) groups is 3. The number of likely N-dealkylation sites (tertiary alicyclic amines) is 1. The summed E-state index contributed by atoms with van der Waals surface area (Å²) in [5.74, 6) is -0.202. The minimum absolute atomic E-state index is 0.0122. The second kappa shape index (κ2) is 16.5. The number of urea groups is 1. The SMILES string of the molecule is COC(=O)NCCOC(c1cccc(Cl)c1)[C@@H]1CCCN(C(=O)NC(C)C([C@H]2CCCC[C@@H]2O)N(C)C(=O)OC(C)(C)C)C1. The van der Waals surface area contributed by atoms with Crippen LogP contribution in [0.15, 0.2) is 24.3 Å². The number of amides is 4. The lowest BCUT2D eigenvalue weighted by Gasteiger charge is -2.43. The topological polar surface area (TPSA) is 130 Å². The first-order valence-corrected chi connectivity index (χ1v) is 16.1. The Balaban J connectivity index is 1.73. The predicted octanol–water partition coefficient (Wildman–Crippen LogP) is 5.35. The minimum atomic E-state index is -0.673. The van der Waals surface area contributed by atoms with Gasteiger partial charge in [-0.2, -0.15) is 0 Å². The lowest BCUT2D eigenvalue weighted by Crippen LogP contribution is -2.59. The van der Waals surface area contributed by atoms with Crippen molar-refractivity contribution in [2.24, 2.45) is 11.8 Å². The number of nitrogens with one attached hydrogen (secondary N) is 2. The second-order valence-corrected chi connectivity index (χ2v) is 13.4. The number of piperidine rings is 1. The number of halogens is 1. The molecular formula is C32H51ClN4O7. The van der Waals surface area contributed by atoms with Gasteiger partial charge in [-0.1, -0.05) is 36.6 Å². The molecular weight excluding hydrogens is 588 g/mol. The van der Waals surface area contributed by atoms with E-state index in [9.17, 15) is 19.5 Å². The van der Waals surface area contributed by atoms with Gasteiger partial charge in [0.2, 0.25) is 0 Å². The van der Waals surface area contributed by atoms with E-state index in [2.05, 4.69) is 15.4 Å². The maximum atomic E-state index is 13.7. The van der Waals surface area contributed by atoms with Crippen LogP contribution in [-0.2, 0) is 14.2 Å². The van der Waals surface area contributed by atoms with Crippen LogP contribution in [0.3, 0.4) is 0 Å². The summed E-state index contributed by atoms with van der Waals surface area (Å²) in [6, 6.07) is 6.38. The maximum Gasteiger partial charge on any atom is 0.410 e. The van der Waals surface area contributed by atoms with Gasteiger partial charge in [-0.25, -0.2) is 14.4 Å². The van der Waals surface area contributed by atoms with Gasteiger partial charge < -0.3 is 39.8 Å². The molecule has 11 nitrogen and oxygen atoms in total. The molecule has 0 radical (unpaired) electrons. The smallest absolute Gasteiger partial charge is 0.410 e. The van der Waals surface area contributed by atoms with Gasteiger partial charge >= 0.3 is 18.2 Å². The summed E-state index contributed by atoms with van der Waals surface area (Å²) in [5.41, 5.74) is 0.231. The molecule has 1 saturated heterocycles. The standard InChI is InChI=1S/C32H51ClN4O7/c1-21(27(25-14-7-8-15-26(25)38)36(5)31(41)44-32(2,3)4)35-29(39)37-17-10-12-23(20-37)28(22-11-9-13-24(33)19-22)43-18-16-34-30(40)42-6/h9,11,13,19,21,23,25-28,38H,7-8,10,12,14-18,20H2,1-6H3,(H,34,40)(H,35,39)/t21?,23-,25+,26+,27?,28?/m1/s1. The van der Waals surface area contributed by atoms with Crippen molar-refractivity contribution in [1.82, 2.24) is 20.4 Å². The number of alkyl carbamates (subject to hydrolysis) is 1. The highest BCUT2D eigenvalue weighted by atomic mass is 35.5. The predicted molar refractivity (Wildman–Crippen MR) is 169 cm³/mol. The van der Waals surface area contributed by atoms with Gasteiger partial charge in [0.15, 0.2) is 0 Å². The van der Waals surface area contributed by atoms with Crippen LogP contribution >= 0.6 is 11.6 Å². The van der Waals surface area contributed by atoms with Crippen molar-refractivity contribution in [2.75, 3.05) is 40.4 Å². The first-order chi connectivity index (χ1) is 20.8. The number of aliphatic hydroxyl groups excluding tert-OH is 1. The molecule has 0 bridgehead atoms. The molecule has 0 aromatic heterocycles. The number of nitrogens with zero attached hydrogens (tertiary/aromatic N) is 2. The lowest BCUT2D eigenvalue weighted by atomic mass is 9.78. The van der Waals surface area contributed by atoms with Crippen LogP contribution in [0.5, 0.6) is 0 Å². The van der Waals surface area contributed by atoms with E-state index in [1.807, 2.05) is 45.9 Å². The lowest BCUT2D eigenvalue weighted by molar-refractivity contribution is -0.0184. The molecule has 12 heteroatoms. The van der Waals surface area contributed by atoms with E-state index in [-0.39, 0.29) is 37.1 Å². The Morgan fingerprint density at radius 3 is 2.55 bits per heavy atom. The Bertz CT molecular complexity index is 1100. The largest absolute Gasteiger partial charge is 0.453 e. The fourth-order valence-corrected chi connectivity index (χ4v) is 6.60. The van der Waals surface area contributed by atoms with E-state index in [1.165, 1.54) is 7.11 Å². The Hall–Kier alpha value is -2.76. The van der Waals surface area contributed by atoms with Crippen molar-refractivity contribution in [1.29, 1.82) is 0 Å². The summed E-state index contributed by atoms with van der Waals surface area (Å²) in [4.78, 5) is 41.7. The van der Waals surface area contributed by atoms with Gasteiger partial charge in [0, 0.05) is 49.6 Å². The fourth-order valence-electron chi connectivity index (χ4n) is 6.40. The molecule has 2 fully saturated rings. The molecule has 1 aromatic carbocycles. The van der Waals surface area contributed by atoms with Crippen molar-refractivity contribution in [3.63, 3.8) is 0 Å². The number of likely N-dealkylation sites (N-methyl/N-ethyl adjacent to an activating group) is 1. The molecule has 4 amide bonds. The number of aliphatic hydroxyl groups is 1. The number of carbonyl (C=O) groups excluding carboxylic acids is 3. The summed E-state index contributed by atoms with van der Waals surface area (Å²) in [7, 11) is 2.99. The van der Waals surface area contributed by atoms with Gasteiger partial charge in [0.25, 0.3) is 0 Å². The summed E-state index contributed by atoms with van der Waals surface area (Å²) >= 11 is 6.31. The Labute approximate surface area is 266 Å². The summed E-state index contributed by atoms with van der Waals surface area (Å²) in [5, 5.41) is 17.3. The van der Waals surface area contributed by atoms with Crippen molar-refractivity contribution in [2.45, 2.75) is 96.1 Å². The number of hydrogen-bond acceptors (Lipinski definition) is 7. The first-order valence-electron chi connectivity index (χ1n) is 15.7. The Morgan fingerprint density at radius 1 is 1.16 bits per heavy atom. The third-order valence-electron chi connectivity index (χ3n) is 8.42. The third-order valence-corrected chi connectivity index (χ3v) is 8.65. The van der Waals surface area contributed by atoms with Crippen molar-refractivity contribution < 1.29 is 33.7 Å². The molecule has 1 saturated carbocycles. The van der Waals surface area contributed by atoms with E-state index in [1.54, 1.807) is 22.9 Å². The first kappa shape index (κ1) is 35.7. The Morgan fingerprint density at radius 2 is 1.89 bits per heavy atom. The van der Waals surface area contributed by atoms with E-state index >= 15 is 0 Å². The number of rotatable bonds is 10. The third kappa shape index (κ3) is 10.4. The highest BCUT2D eigenvalue weighted by molar-refractivity contribution is 6.30. The summed E-state index contributed by atoms with van der Waals surface area (Å²) in [6.07, 6.45) is 3.02.